The second-order valence-electron chi connectivity index (χ2n) is 8.91. The van der Waals surface area contributed by atoms with Crippen molar-refractivity contribution in [1.82, 2.24) is 4.90 Å². The van der Waals surface area contributed by atoms with Gasteiger partial charge in [-0.05, 0) is 68.4 Å². The zero-order valence-corrected chi connectivity index (χ0v) is 15.0. The van der Waals surface area contributed by atoms with Crippen LogP contribution in [0.1, 0.15) is 57.1 Å². The summed E-state index contributed by atoms with van der Waals surface area (Å²) in [4.78, 5) is 15.2. The lowest BCUT2D eigenvalue weighted by Gasteiger charge is -2.65. The number of ketones is 1. The van der Waals surface area contributed by atoms with Crippen molar-refractivity contribution >= 4 is 5.78 Å². The highest BCUT2D eigenvalue weighted by molar-refractivity contribution is 5.79. The third kappa shape index (κ3) is 1.95. The third-order valence-electron chi connectivity index (χ3n) is 7.87. The fourth-order valence-electron chi connectivity index (χ4n) is 6.56. The summed E-state index contributed by atoms with van der Waals surface area (Å²) >= 11 is 0. The van der Waals surface area contributed by atoms with E-state index in [4.69, 9.17) is 0 Å². The van der Waals surface area contributed by atoms with Gasteiger partial charge in [-0.25, -0.2) is 0 Å². The van der Waals surface area contributed by atoms with Gasteiger partial charge in [0.05, 0.1) is 0 Å². The number of carbonyl (C=O) groups excluding carboxylic acids is 1. The third-order valence-corrected chi connectivity index (χ3v) is 7.87. The van der Waals surface area contributed by atoms with Crippen LogP contribution in [0.2, 0.25) is 0 Å². The number of hydrogen-bond acceptors (Lipinski definition) is 2. The summed E-state index contributed by atoms with van der Waals surface area (Å²) in [6.07, 6.45) is 7.58. The van der Waals surface area contributed by atoms with Gasteiger partial charge in [-0.15, -0.1) is 0 Å². The van der Waals surface area contributed by atoms with Crippen molar-refractivity contribution in [3.05, 3.63) is 35.4 Å². The molecule has 24 heavy (non-hydrogen) atoms. The first-order valence-electron chi connectivity index (χ1n) is 9.98. The van der Waals surface area contributed by atoms with E-state index in [2.05, 4.69) is 36.1 Å². The van der Waals surface area contributed by atoms with E-state index in [-0.39, 0.29) is 5.92 Å². The highest BCUT2D eigenvalue weighted by Gasteiger charge is 2.61. The number of hydrogen-bond donors (Lipinski definition) is 0. The SMILES string of the molecule is CC[C@]12CC3[C@@H](C(C)=O)CC1C(Cc1ccccc12)N3CC1CC1. The molecular formula is C22H29NO. The molecule has 5 aliphatic rings. The van der Waals surface area contributed by atoms with E-state index >= 15 is 0 Å². The molecule has 2 aliphatic heterocycles. The molecule has 0 aromatic heterocycles. The van der Waals surface area contributed by atoms with Crippen LogP contribution in [0.15, 0.2) is 24.3 Å². The molecule has 0 N–H and O–H groups in total. The van der Waals surface area contributed by atoms with Crippen LogP contribution in [0.3, 0.4) is 0 Å². The maximum atomic E-state index is 12.4. The van der Waals surface area contributed by atoms with Crippen LogP contribution in [0.25, 0.3) is 0 Å². The first kappa shape index (κ1) is 15.1. The Morgan fingerprint density at radius 2 is 2.04 bits per heavy atom. The van der Waals surface area contributed by atoms with Gasteiger partial charge in [-0.3, -0.25) is 9.69 Å². The van der Waals surface area contributed by atoms with Crippen molar-refractivity contribution in [3.63, 3.8) is 0 Å². The van der Waals surface area contributed by atoms with Crippen molar-refractivity contribution in [2.75, 3.05) is 6.54 Å². The van der Waals surface area contributed by atoms with Gasteiger partial charge in [-0.1, -0.05) is 31.2 Å². The molecule has 2 heterocycles. The van der Waals surface area contributed by atoms with E-state index in [0.717, 1.165) is 12.3 Å². The quantitative estimate of drug-likeness (QED) is 0.835. The Kier molecular flexibility index (Phi) is 3.26. The Balaban J connectivity index is 1.61. The molecule has 5 atom stereocenters. The zero-order valence-electron chi connectivity index (χ0n) is 15.0. The summed E-state index contributed by atoms with van der Waals surface area (Å²) in [5.41, 5.74) is 3.53. The van der Waals surface area contributed by atoms with Crippen LogP contribution in [-0.4, -0.2) is 29.3 Å². The van der Waals surface area contributed by atoms with Gasteiger partial charge in [0.1, 0.15) is 5.78 Å². The van der Waals surface area contributed by atoms with Crippen LogP contribution >= 0.6 is 0 Å². The fourth-order valence-corrected chi connectivity index (χ4v) is 6.56. The van der Waals surface area contributed by atoms with Crippen LogP contribution in [0.5, 0.6) is 0 Å². The van der Waals surface area contributed by atoms with E-state index in [1.165, 1.54) is 38.6 Å². The molecule has 128 valence electrons. The number of benzene rings is 1. The summed E-state index contributed by atoms with van der Waals surface area (Å²) in [7, 11) is 0. The number of piperidine rings is 2. The minimum atomic E-state index is 0.287. The monoisotopic (exact) mass is 323 g/mol. The average molecular weight is 323 g/mol. The maximum Gasteiger partial charge on any atom is 0.134 e. The normalized spacial score (nSPS) is 40.4. The molecule has 0 amide bonds. The van der Waals surface area contributed by atoms with E-state index in [1.54, 1.807) is 11.1 Å². The summed E-state index contributed by atoms with van der Waals surface area (Å²) < 4.78 is 0. The van der Waals surface area contributed by atoms with Gasteiger partial charge in [0.2, 0.25) is 0 Å². The van der Waals surface area contributed by atoms with Gasteiger partial charge in [0.25, 0.3) is 0 Å². The summed E-state index contributed by atoms with van der Waals surface area (Å²) in [5.74, 6) is 2.30. The Morgan fingerprint density at radius 1 is 1.25 bits per heavy atom. The minimum Gasteiger partial charge on any atom is -0.300 e. The molecule has 6 rings (SSSR count). The minimum absolute atomic E-state index is 0.287. The lowest BCUT2D eigenvalue weighted by atomic mass is 9.48. The molecule has 0 spiro atoms. The number of Topliss-reactive ketones (excluding diaryl/α,β-unsaturated/α-hetero) is 1. The number of rotatable bonds is 4. The molecule has 4 bridgehead atoms. The Hall–Kier alpha value is -1.15. The molecule has 1 aromatic rings. The number of carbonyl (C=O) groups is 1. The highest BCUT2D eigenvalue weighted by atomic mass is 16.1. The molecule has 2 saturated heterocycles. The lowest BCUT2D eigenvalue weighted by molar-refractivity contribution is -0.143. The van der Waals surface area contributed by atoms with Gasteiger partial charge >= 0.3 is 0 Å². The summed E-state index contributed by atoms with van der Waals surface area (Å²) in [5, 5.41) is 0. The molecule has 2 saturated carbocycles. The average Bonchev–Trinajstić information content (AvgIpc) is 3.41. The topological polar surface area (TPSA) is 20.3 Å². The van der Waals surface area contributed by atoms with Gasteiger partial charge < -0.3 is 0 Å². The lowest BCUT2D eigenvalue weighted by Crippen LogP contribution is -2.70. The van der Waals surface area contributed by atoms with Crippen LogP contribution in [-0.2, 0) is 16.6 Å². The van der Waals surface area contributed by atoms with E-state index in [0.29, 0.717) is 29.2 Å². The van der Waals surface area contributed by atoms with Gasteiger partial charge in [0.15, 0.2) is 0 Å². The Labute approximate surface area is 145 Å². The number of fused-ring (bicyclic) bond motifs is 2. The number of nitrogens with zero attached hydrogens (tertiary/aromatic N) is 1. The van der Waals surface area contributed by atoms with Crippen molar-refractivity contribution < 1.29 is 4.79 Å². The Morgan fingerprint density at radius 3 is 2.75 bits per heavy atom. The molecule has 1 aromatic carbocycles. The second-order valence-corrected chi connectivity index (χ2v) is 8.91. The van der Waals surface area contributed by atoms with Crippen molar-refractivity contribution in [2.24, 2.45) is 17.8 Å². The summed E-state index contributed by atoms with van der Waals surface area (Å²) in [6.45, 7) is 5.47. The predicted molar refractivity (Wildman–Crippen MR) is 96.0 cm³/mol. The molecule has 3 unspecified atom stereocenters. The highest BCUT2D eigenvalue weighted by Crippen LogP contribution is 2.60. The van der Waals surface area contributed by atoms with Crippen LogP contribution < -0.4 is 0 Å². The Bertz CT molecular complexity index is 678. The van der Waals surface area contributed by atoms with Crippen molar-refractivity contribution in [2.45, 2.75) is 69.9 Å². The molecule has 2 heteroatoms. The smallest absolute Gasteiger partial charge is 0.134 e. The molecule has 3 aliphatic carbocycles. The van der Waals surface area contributed by atoms with Crippen molar-refractivity contribution in [3.8, 4) is 0 Å². The largest absolute Gasteiger partial charge is 0.300 e. The molecule has 4 fully saturated rings. The first-order chi connectivity index (χ1) is 11.6. The zero-order chi connectivity index (χ0) is 16.5. The van der Waals surface area contributed by atoms with Crippen LogP contribution in [0.4, 0.5) is 0 Å². The van der Waals surface area contributed by atoms with Gasteiger partial charge in [-0.2, -0.15) is 0 Å². The van der Waals surface area contributed by atoms with E-state index < -0.39 is 0 Å². The molecular weight excluding hydrogens is 294 g/mol. The van der Waals surface area contributed by atoms with E-state index in [1.807, 2.05) is 6.92 Å². The molecule has 2 nitrogen and oxygen atoms in total. The van der Waals surface area contributed by atoms with E-state index in [9.17, 15) is 4.79 Å². The predicted octanol–water partition coefficient (Wildman–Crippen LogP) is 3.97. The van der Waals surface area contributed by atoms with Crippen molar-refractivity contribution in [1.29, 1.82) is 0 Å². The second kappa shape index (κ2) is 5.17. The van der Waals surface area contributed by atoms with Gasteiger partial charge in [0, 0.05) is 30.0 Å². The standard InChI is InChI=1S/C22H29NO/c1-3-22-12-21-17(14(2)24)11-19(22)20(23(21)13-15-8-9-15)10-16-6-4-5-7-18(16)22/h4-7,15,17,19-21H,3,8-13H2,1-2H3/t17-,19?,20?,21?,22-/m1/s1. The summed E-state index contributed by atoms with van der Waals surface area (Å²) in [6, 6.07) is 10.4. The fraction of sp³-hybridized carbons (Fsp3) is 0.682. The van der Waals surface area contributed by atoms with Crippen LogP contribution in [0, 0.1) is 17.8 Å². The first-order valence-corrected chi connectivity index (χ1v) is 9.98. The maximum absolute atomic E-state index is 12.4. The molecule has 0 radical (unpaired) electrons.